The molecule has 0 spiro atoms. The molecule has 0 aliphatic heterocycles. The molecule has 0 heterocycles. The summed E-state index contributed by atoms with van der Waals surface area (Å²) in [6.07, 6.45) is 0. The Labute approximate surface area is 178 Å². The van der Waals surface area contributed by atoms with Crippen LogP contribution in [0.4, 0.5) is 11.4 Å². The molecule has 0 N–H and O–H groups in total. The van der Waals surface area contributed by atoms with Gasteiger partial charge in [0.15, 0.2) is 0 Å². The summed E-state index contributed by atoms with van der Waals surface area (Å²) in [6, 6.07) is 39.6. The minimum Gasteiger partial charge on any atom is -0.338 e. The van der Waals surface area contributed by atoms with Gasteiger partial charge in [0.2, 0.25) is 0 Å². The second-order valence-corrected chi connectivity index (χ2v) is 8.04. The zero-order valence-corrected chi connectivity index (χ0v) is 17.4. The zero-order valence-electron chi connectivity index (χ0n) is 17.4. The quantitative estimate of drug-likeness (QED) is 0.300. The maximum absolute atomic E-state index is 2.45. The Bertz CT molecular complexity index is 1330. The number of para-hydroxylation sites is 1. The van der Waals surface area contributed by atoms with Gasteiger partial charge in [-0.15, -0.1) is 0 Å². The van der Waals surface area contributed by atoms with Crippen molar-refractivity contribution >= 4 is 32.9 Å². The predicted octanol–water partition coefficient (Wildman–Crippen LogP) is 8.21. The van der Waals surface area contributed by atoms with E-state index in [0.717, 1.165) is 0 Å². The molecule has 0 bridgehead atoms. The van der Waals surface area contributed by atoms with Crippen LogP contribution in [-0.4, -0.2) is 6.04 Å². The predicted molar refractivity (Wildman–Crippen MR) is 131 cm³/mol. The molecule has 0 atom stereocenters. The van der Waals surface area contributed by atoms with E-state index in [-0.39, 0.29) is 0 Å². The Hall–Kier alpha value is -3.58. The lowest BCUT2D eigenvalue weighted by Gasteiger charge is -2.31. The molecule has 0 amide bonds. The molecule has 146 valence electrons. The van der Waals surface area contributed by atoms with Crippen molar-refractivity contribution in [2.75, 3.05) is 4.90 Å². The Balaban J connectivity index is 1.72. The number of nitrogens with zero attached hydrogens (tertiary/aromatic N) is 1. The Kier molecular flexibility index (Phi) is 4.72. The van der Waals surface area contributed by atoms with Crippen molar-refractivity contribution in [1.82, 2.24) is 0 Å². The summed E-state index contributed by atoms with van der Waals surface area (Å²) in [6.45, 7) is 4.52. The molecule has 0 unspecified atom stereocenters. The van der Waals surface area contributed by atoms with Crippen LogP contribution in [0.25, 0.3) is 32.7 Å². The second kappa shape index (κ2) is 7.68. The Morgan fingerprint density at radius 3 is 2.00 bits per heavy atom. The van der Waals surface area contributed by atoms with Gasteiger partial charge in [0, 0.05) is 23.0 Å². The molecule has 0 saturated carbocycles. The van der Waals surface area contributed by atoms with Crippen molar-refractivity contribution in [3.8, 4) is 11.1 Å². The van der Waals surface area contributed by atoms with Crippen molar-refractivity contribution in [3.63, 3.8) is 0 Å². The summed E-state index contributed by atoms with van der Waals surface area (Å²) in [5.74, 6) is 0. The van der Waals surface area contributed by atoms with Gasteiger partial charge in [0.1, 0.15) is 0 Å². The lowest BCUT2D eigenvalue weighted by atomic mass is 9.96. The van der Waals surface area contributed by atoms with Gasteiger partial charge in [-0.05, 0) is 59.2 Å². The lowest BCUT2D eigenvalue weighted by Crippen LogP contribution is -2.25. The molecule has 5 aromatic carbocycles. The fourth-order valence-corrected chi connectivity index (χ4v) is 4.41. The SMILES string of the molecule is CC(C)N(c1ccc2ccccc2c1)c1ccccc1-c1cccc2ccccc12. The van der Waals surface area contributed by atoms with Crippen molar-refractivity contribution in [1.29, 1.82) is 0 Å². The fraction of sp³-hybridized carbons (Fsp3) is 0.103. The molecular weight excluding hydrogens is 362 g/mol. The van der Waals surface area contributed by atoms with E-state index >= 15 is 0 Å². The van der Waals surface area contributed by atoms with Gasteiger partial charge in [0.25, 0.3) is 0 Å². The molecule has 0 saturated heterocycles. The summed E-state index contributed by atoms with van der Waals surface area (Å²) in [7, 11) is 0. The summed E-state index contributed by atoms with van der Waals surface area (Å²) in [4.78, 5) is 2.45. The van der Waals surface area contributed by atoms with Crippen molar-refractivity contribution in [3.05, 3.63) is 109 Å². The van der Waals surface area contributed by atoms with E-state index in [1.54, 1.807) is 0 Å². The first-order valence-corrected chi connectivity index (χ1v) is 10.6. The number of rotatable bonds is 4. The average molecular weight is 388 g/mol. The molecule has 0 radical (unpaired) electrons. The minimum absolute atomic E-state index is 0.322. The van der Waals surface area contributed by atoms with E-state index in [9.17, 15) is 0 Å². The van der Waals surface area contributed by atoms with E-state index in [2.05, 4.69) is 128 Å². The molecule has 0 aromatic heterocycles. The molecule has 0 fully saturated rings. The molecule has 30 heavy (non-hydrogen) atoms. The highest BCUT2D eigenvalue weighted by molar-refractivity contribution is 6.00. The fourth-order valence-electron chi connectivity index (χ4n) is 4.41. The molecule has 5 aromatic rings. The summed E-state index contributed by atoms with van der Waals surface area (Å²) < 4.78 is 0. The largest absolute Gasteiger partial charge is 0.338 e. The van der Waals surface area contributed by atoms with Crippen LogP contribution in [-0.2, 0) is 0 Å². The minimum atomic E-state index is 0.322. The smallest absolute Gasteiger partial charge is 0.0493 e. The third kappa shape index (κ3) is 3.23. The Morgan fingerprint density at radius 2 is 1.17 bits per heavy atom. The number of anilines is 2. The van der Waals surface area contributed by atoms with Crippen LogP contribution in [0.15, 0.2) is 109 Å². The second-order valence-electron chi connectivity index (χ2n) is 8.04. The third-order valence-electron chi connectivity index (χ3n) is 5.77. The van der Waals surface area contributed by atoms with Gasteiger partial charge >= 0.3 is 0 Å². The number of benzene rings is 5. The van der Waals surface area contributed by atoms with Crippen LogP contribution in [0.3, 0.4) is 0 Å². The zero-order chi connectivity index (χ0) is 20.5. The van der Waals surface area contributed by atoms with E-state index in [1.807, 2.05) is 0 Å². The number of fused-ring (bicyclic) bond motifs is 2. The third-order valence-corrected chi connectivity index (χ3v) is 5.77. The van der Waals surface area contributed by atoms with Crippen molar-refractivity contribution in [2.24, 2.45) is 0 Å². The monoisotopic (exact) mass is 387 g/mol. The van der Waals surface area contributed by atoms with Crippen LogP contribution >= 0.6 is 0 Å². The summed E-state index contributed by atoms with van der Waals surface area (Å²) in [5.41, 5.74) is 4.99. The van der Waals surface area contributed by atoms with Crippen molar-refractivity contribution in [2.45, 2.75) is 19.9 Å². The maximum atomic E-state index is 2.45. The van der Waals surface area contributed by atoms with Crippen LogP contribution in [0, 0.1) is 0 Å². The topological polar surface area (TPSA) is 3.24 Å². The molecule has 1 nitrogen and oxygen atoms in total. The van der Waals surface area contributed by atoms with Crippen LogP contribution in [0.2, 0.25) is 0 Å². The first kappa shape index (κ1) is 18.4. The van der Waals surface area contributed by atoms with Crippen LogP contribution in [0.1, 0.15) is 13.8 Å². The first-order chi connectivity index (χ1) is 14.7. The van der Waals surface area contributed by atoms with E-state index in [1.165, 1.54) is 44.0 Å². The highest BCUT2D eigenvalue weighted by Crippen LogP contribution is 2.40. The normalized spacial score (nSPS) is 11.3. The van der Waals surface area contributed by atoms with Gasteiger partial charge in [0.05, 0.1) is 0 Å². The molecule has 5 rings (SSSR count). The van der Waals surface area contributed by atoms with E-state index < -0.39 is 0 Å². The van der Waals surface area contributed by atoms with Crippen molar-refractivity contribution < 1.29 is 0 Å². The van der Waals surface area contributed by atoms with Gasteiger partial charge in [-0.25, -0.2) is 0 Å². The lowest BCUT2D eigenvalue weighted by molar-refractivity contribution is 0.790. The first-order valence-electron chi connectivity index (χ1n) is 10.6. The van der Waals surface area contributed by atoms with Gasteiger partial charge in [-0.1, -0.05) is 91.0 Å². The summed E-state index contributed by atoms with van der Waals surface area (Å²) in [5, 5.41) is 5.09. The van der Waals surface area contributed by atoms with Gasteiger partial charge in [-0.2, -0.15) is 0 Å². The molecular formula is C29H25N. The standard InChI is InChI=1S/C29H25N/c1-21(2)30(25-19-18-22-10-3-4-12-24(22)20-25)29-17-8-7-15-28(29)27-16-9-13-23-11-5-6-14-26(23)27/h3-21H,1-2H3. The molecule has 1 heteroatoms. The molecule has 0 aliphatic carbocycles. The van der Waals surface area contributed by atoms with E-state index in [0.29, 0.717) is 6.04 Å². The number of hydrogen-bond donors (Lipinski definition) is 0. The van der Waals surface area contributed by atoms with Crippen LogP contribution < -0.4 is 4.90 Å². The Morgan fingerprint density at radius 1 is 0.533 bits per heavy atom. The van der Waals surface area contributed by atoms with Gasteiger partial charge in [-0.3, -0.25) is 0 Å². The maximum Gasteiger partial charge on any atom is 0.0493 e. The van der Waals surface area contributed by atoms with Crippen LogP contribution in [0.5, 0.6) is 0 Å². The number of hydrogen-bond acceptors (Lipinski definition) is 1. The summed E-state index contributed by atoms with van der Waals surface area (Å²) >= 11 is 0. The highest BCUT2D eigenvalue weighted by atomic mass is 15.2. The van der Waals surface area contributed by atoms with Gasteiger partial charge < -0.3 is 4.90 Å². The average Bonchev–Trinajstić information content (AvgIpc) is 2.79. The van der Waals surface area contributed by atoms with E-state index in [4.69, 9.17) is 0 Å². The molecule has 0 aliphatic rings. The highest BCUT2D eigenvalue weighted by Gasteiger charge is 2.18.